The van der Waals surface area contributed by atoms with E-state index < -0.39 is 0 Å². The molecule has 1 aromatic rings. The van der Waals surface area contributed by atoms with Crippen molar-refractivity contribution in [3.05, 3.63) is 35.9 Å². The number of para-hydroxylation sites is 1. The zero-order chi connectivity index (χ0) is 11.8. The van der Waals surface area contributed by atoms with E-state index >= 15 is 0 Å². The van der Waals surface area contributed by atoms with Crippen LogP contribution >= 0.6 is 0 Å². The van der Waals surface area contributed by atoms with Gasteiger partial charge in [0, 0.05) is 11.6 Å². The molecule has 16 heavy (non-hydrogen) atoms. The fraction of sp³-hybridized carbons (Fsp3) is 0.308. The molecule has 0 fully saturated rings. The number of methoxy groups -OCH3 is 1. The smallest absolute Gasteiger partial charge is 0.330 e. The van der Waals surface area contributed by atoms with Crippen molar-refractivity contribution in [2.24, 2.45) is 0 Å². The maximum atomic E-state index is 11.2. The van der Waals surface area contributed by atoms with E-state index in [0.717, 1.165) is 17.7 Å². The Bertz CT molecular complexity index is 369. The van der Waals surface area contributed by atoms with Gasteiger partial charge in [0.25, 0.3) is 0 Å². The van der Waals surface area contributed by atoms with Gasteiger partial charge in [0.15, 0.2) is 0 Å². The molecule has 0 aliphatic rings. The summed E-state index contributed by atoms with van der Waals surface area (Å²) in [4.78, 5) is 11.2. The van der Waals surface area contributed by atoms with Gasteiger partial charge in [-0.15, -0.1) is 0 Å². The van der Waals surface area contributed by atoms with Crippen LogP contribution in [0.5, 0.6) is 5.75 Å². The van der Waals surface area contributed by atoms with Gasteiger partial charge in [0.1, 0.15) is 5.75 Å². The zero-order valence-corrected chi connectivity index (χ0v) is 9.60. The van der Waals surface area contributed by atoms with Crippen LogP contribution in [0.3, 0.4) is 0 Å². The number of hydrogen-bond donors (Lipinski definition) is 0. The van der Waals surface area contributed by atoms with E-state index in [4.69, 9.17) is 9.47 Å². The Hall–Kier alpha value is -1.77. The Kier molecular flexibility index (Phi) is 5.12. The minimum atomic E-state index is -0.326. The van der Waals surface area contributed by atoms with Crippen molar-refractivity contribution in [1.29, 1.82) is 0 Å². The highest BCUT2D eigenvalue weighted by atomic mass is 16.5. The molecule has 0 bridgehead atoms. The lowest BCUT2D eigenvalue weighted by Gasteiger charge is -2.03. The third-order valence-corrected chi connectivity index (χ3v) is 1.99. The van der Waals surface area contributed by atoms with Gasteiger partial charge in [-0.2, -0.15) is 0 Å². The highest BCUT2D eigenvalue weighted by Crippen LogP contribution is 2.18. The molecule has 0 aromatic heterocycles. The van der Waals surface area contributed by atoms with Crippen LogP contribution in [0.1, 0.15) is 18.9 Å². The Labute approximate surface area is 95.7 Å². The topological polar surface area (TPSA) is 35.5 Å². The lowest BCUT2D eigenvalue weighted by molar-refractivity contribution is -0.137. The summed E-state index contributed by atoms with van der Waals surface area (Å²) >= 11 is 0. The highest BCUT2D eigenvalue weighted by molar-refractivity contribution is 5.87. The van der Waals surface area contributed by atoms with E-state index in [2.05, 4.69) is 0 Å². The third-order valence-electron chi connectivity index (χ3n) is 1.99. The van der Waals surface area contributed by atoms with E-state index in [0.29, 0.717) is 6.61 Å². The van der Waals surface area contributed by atoms with Crippen molar-refractivity contribution in [2.75, 3.05) is 13.7 Å². The summed E-state index contributed by atoms with van der Waals surface area (Å²) in [6.45, 7) is 2.41. The second kappa shape index (κ2) is 6.67. The summed E-state index contributed by atoms with van der Waals surface area (Å²) in [5, 5.41) is 0. The molecule has 3 nitrogen and oxygen atoms in total. The molecule has 0 aliphatic carbocycles. The van der Waals surface area contributed by atoms with Crippen LogP contribution in [-0.4, -0.2) is 19.7 Å². The first-order valence-electron chi connectivity index (χ1n) is 5.25. The molecule has 0 radical (unpaired) electrons. The van der Waals surface area contributed by atoms with Gasteiger partial charge in [0.05, 0.1) is 13.7 Å². The molecule has 0 aliphatic heterocycles. The molecule has 0 heterocycles. The molecule has 0 amide bonds. The largest absolute Gasteiger partial charge is 0.496 e. The standard InChI is InChI=1S/C13H16O3/c1-3-10-16-13(14)9-8-11-6-4-5-7-12(11)15-2/h4-9H,3,10H2,1-2H3. The fourth-order valence-electron chi connectivity index (χ4n) is 1.21. The quantitative estimate of drug-likeness (QED) is 0.565. The van der Waals surface area contributed by atoms with Crippen molar-refractivity contribution in [3.8, 4) is 5.75 Å². The van der Waals surface area contributed by atoms with Gasteiger partial charge in [-0.05, 0) is 18.6 Å². The lowest BCUT2D eigenvalue weighted by Crippen LogP contribution is -2.00. The molecule has 1 aromatic carbocycles. The number of carbonyl (C=O) groups excluding carboxylic acids is 1. The first-order chi connectivity index (χ1) is 7.77. The average Bonchev–Trinajstić information content (AvgIpc) is 2.34. The molecule has 0 unspecified atom stereocenters. The first-order valence-corrected chi connectivity index (χ1v) is 5.25. The second-order valence-corrected chi connectivity index (χ2v) is 3.24. The molecule has 0 N–H and O–H groups in total. The number of rotatable bonds is 5. The number of carbonyl (C=O) groups is 1. The predicted molar refractivity (Wildman–Crippen MR) is 63.3 cm³/mol. The van der Waals surface area contributed by atoms with Crippen LogP contribution in [0.25, 0.3) is 6.08 Å². The van der Waals surface area contributed by atoms with Crippen molar-refractivity contribution < 1.29 is 14.3 Å². The number of benzene rings is 1. The van der Waals surface area contributed by atoms with Crippen molar-refractivity contribution in [1.82, 2.24) is 0 Å². The first kappa shape index (κ1) is 12.3. The Balaban J connectivity index is 2.64. The van der Waals surface area contributed by atoms with Crippen molar-refractivity contribution in [3.63, 3.8) is 0 Å². The summed E-state index contributed by atoms with van der Waals surface area (Å²) in [5.41, 5.74) is 0.860. The molecule has 86 valence electrons. The zero-order valence-electron chi connectivity index (χ0n) is 9.60. The average molecular weight is 220 g/mol. The maximum Gasteiger partial charge on any atom is 0.330 e. The van der Waals surface area contributed by atoms with Gasteiger partial charge >= 0.3 is 5.97 Å². The third kappa shape index (κ3) is 3.77. The van der Waals surface area contributed by atoms with Crippen LogP contribution in [0, 0.1) is 0 Å². The van der Waals surface area contributed by atoms with E-state index in [-0.39, 0.29) is 5.97 Å². The van der Waals surface area contributed by atoms with Crippen LogP contribution in [0.4, 0.5) is 0 Å². The summed E-state index contributed by atoms with van der Waals surface area (Å²) in [7, 11) is 1.60. The molecule has 1 rings (SSSR count). The van der Waals surface area contributed by atoms with Crippen molar-refractivity contribution >= 4 is 12.0 Å². The molecule has 0 atom stereocenters. The predicted octanol–water partition coefficient (Wildman–Crippen LogP) is 2.66. The monoisotopic (exact) mass is 220 g/mol. The summed E-state index contributed by atoms with van der Waals surface area (Å²) in [5.74, 6) is 0.412. The minimum Gasteiger partial charge on any atom is -0.496 e. The van der Waals surface area contributed by atoms with Gasteiger partial charge < -0.3 is 9.47 Å². The normalized spacial score (nSPS) is 10.4. The molecule has 0 saturated heterocycles. The van der Waals surface area contributed by atoms with Gasteiger partial charge in [0.2, 0.25) is 0 Å². The molecule has 0 saturated carbocycles. The summed E-state index contributed by atoms with van der Waals surface area (Å²) in [6.07, 6.45) is 3.93. The summed E-state index contributed by atoms with van der Waals surface area (Å²) < 4.78 is 10.1. The minimum absolute atomic E-state index is 0.326. The highest BCUT2D eigenvalue weighted by Gasteiger charge is 1.99. The molecular weight excluding hydrogens is 204 g/mol. The fourth-order valence-corrected chi connectivity index (χ4v) is 1.21. The van der Waals surface area contributed by atoms with Gasteiger partial charge in [-0.25, -0.2) is 4.79 Å². The SMILES string of the molecule is CCCOC(=O)C=Cc1ccccc1OC. The van der Waals surface area contributed by atoms with Crippen LogP contribution < -0.4 is 4.74 Å². The maximum absolute atomic E-state index is 11.2. The number of esters is 1. The second-order valence-electron chi connectivity index (χ2n) is 3.24. The Morgan fingerprint density at radius 1 is 1.38 bits per heavy atom. The lowest BCUT2D eigenvalue weighted by atomic mass is 10.2. The molecule has 3 heteroatoms. The van der Waals surface area contributed by atoms with E-state index in [1.807, 2.05) is 31.2 Å². The van der Waals surface area contributed by atoms with Crippen LogP contribution in [-0.2, 0) is 9.53 Å². The van der Waals surface area contributed by atoms with Crippen molar-refractivity contribution in [2.45, 2.75) is 13.3 Å². The van der Waals surface area contributed by atoms with E-state index in [9.17, 15) is 4.79 Å². The van der Waals surface area contributed by atoms with Crippen LogP contribution in [0.2, 0.25) is 0 Å². The molecule has 0 spiro atoms. The van der Waals surface area contributed by atoms with Gasteiger partial charge in [-0.1, -0.05) is 25.1 Å². The molecular formula is C13H16O3. The van der Waals surface area contributed by atoms with Gasteiger partial charge in [-0.3, -0.25) is 0 Å². The summed E-state index contributed by atoms with van der Waals surface area (Å²) in [6, 6.07) is 7.49. The van der Waals surface area contributed by atoms with E-state index in [1.165, 1.54) is 6.08 Å². The Morgan fingerprint density at radius 3 is 2.81 bits per heavy atom. The van der Waals surface area contributed by atoms with Crippen LogP contribution in [0.15, 0.2) is 30.3 Å². The Morgan fingerprint density at radius 2 is 2.12 bits per heavy atom. The number of ether oxygens (including phenoxy) is 2. The number of hydrogen-bond acceptors (Lipinski definition) is 3. The van der Waals surface area contributed by atoms with E-state index in [1.54, 1.807) is 13.2 Å².